The Labute approximate surface area is 68.5 Å². The van der Waals surface area contributed by atoms with Gasteiger partial charge in [-0.25, -0.2) is 0 Å². The first-order valence-corrected chi connectivity index (χ1v) is 4.19. The molecule has 0 bridgehead atoms. The van der Waals surface area contributed by atoms with Crippen LogP contribution in [0.4, 0.5) is 0 Å². The second kappa shape index (κ2) is 3.60. The third kappa shape index (κ3) is 2.41. The highest BCUT2D eigenvalue weighted by Crippen LogP contribution is 1.98. The second-order valence-corrected chi connectivity index (χ2v) is 3.41. The topological polar surface area (TPSA) is 27.6 Å². The van der Waals surface area contributed by atoms with E-state index in [2.05, 4.69) is 36.1 Å². The summed E-state index contributed by atoms with van der Waals surface area (Å²) in [6.07, 6.45) is 0. The number of nitrogens with one attached hydrogen (secondary N) is 1. The van der Waals surface area contributed by atoms with Crippen molar-refractivity contribution < 1.29 is 0 Å². The minimum absolute atomic E-state index is 0.699. The zero-order valence-corrected chi connectivity index (χ0v) is 7.59. The van der Waals surface area contributed by atoms with E-state index in [1.807, 2.05) is 0 Å². The fourth-order valence-electron chi connectivity index (χ4n) is 1.28. The molecule has 0 aromatic rings. The zero-order valence-electron chi connectivity index (χ0n) is 7.59. The molecule has 0 aromatic heterocycles. The molecule has 0 radical (unpaired) electrons. The van der Waals surface area contributed by atoms with Crippen LogP contribution >= 0.6 is 0 Å². The van der Waals surface area contributed by atoms with Crippen LogP contribution in [0.15, 0.2) is 4.99 Å². The minimum atomic E-state index is 0.699. The van der Waals surface area contributed by atoms with Gasteiger partial charge in [0.15, 0.2) is 5.96 Å². The van der Waals surface area contributed by atoms with Crippen LogP contribution in [0.5, 0.6) is 0 Å². The highest BCUT2D eigenvalue weighted by Gasteiger charge is 2.10. The maximum absolute atomic E-state index is 4.32. The molecule has 0 amide bonds. The standard InChI is InChI=1S/C8H17N3/c1-7(2)6-11(3)8-9-4-5-10-8/h7H,4-6H2,1-3H3,(H,9,10). The maximum Gasteiger partial charge on any atom is 0.193 e. The van der Waals surface area contributed by atoms with Crippen LogP contribution in [0.2, 0.25) is 0 Å². The molecule has 0 aromatic carbocycles. The van der Waals surface area contributed by atoms with Gasteiger partial charge >= 0.3 is 0 Å². The van der Waals surface area contributed by atoms with Crippen molar-refractivity contribution in [3.63, 3.8) is 0 Å². The smallest absolute Gasteiger partial charge is 0.193 e. The predicted octanol–water partition coefficient (Wildman–Crippen LogP) is 0.533. The first-order chi connectivity index (χ1) is 5.20. The van der Waals surface area contributed by atoms with Crippen LogP contribution < -0.4 is 5.32 Å². The lowest BCUT2D eigenvalue weighted by atomic mass is 10.2. The van der Waals surface area contributed by atoms with E-state index in [9.17, 15) is 0 Å². The van der Waals surface area contributed by atoms with Gasteiger partial charge in [-0.05, 0) is 5.92 Å². The highest BCUT2D eigenvalue weighted by molar-refractivity contribution is 5.81. The van der Waals surface area contributed by atoms with Crippen molar-refractivity contribution in [3.8, 4) is 0 Å². The Hall–Kier alpha value is -0.730. The summed E-state index contributed by atoms with van der Waals surface area (Å²) in [6, 6.07) is 0. The number of rotatable bonds is 2. The van der Waals surface area contributed by atoms with Crippen molar-refractivity contribution in [2.75, 3.05) is 26.7 Å². The SMILES string of the molecule is CC(C)CN(C)C1=NCCN1. The lowest BCUT2D eigenvalue weighted by molar-refractivity contribution is 0.416. The summed E-state index contributed by atoms with van der Waals surface area (Å²) in [5.41, 5.74) is 0. The molecule has 0 saturated carbocycles. The van der Waals surface area contributed by atoms with Gasteiger partial charge < -0.3 is 10.2 Å². The number of aliphatic imine (C=N–C) groups is 1. The van der Waals surface area contributed by atoms with Gasteiger partial charge in [0, 0.05) is 20.1 Å². The van der Waals surface area contributed by atoms with Gasteiger partial charge in [0.25, 0.3) is 0 Å². The predicted molar refractivity (Wildman–Crippen MR) is 47.8 cm³/mol. The van der Waals surface area contributed by atoms with Gasteiger partial charge in [-0.2, -0.15) is 0 Å². The molecule has 1 N–H and O–H groups in total. The Bertz CT molecular complexity index is 151. The van der Waals surface area contributed by atoms with Crippen LogP contribution in [0.3, 0.4) is 0 Å². The normalized spacial score (nSPS) is 16.5. The number of guanidine groups is 1. The molecular weight excluding hydrogens is 138 g/mol. The van der Waals surface area contributed by atoms with Crippen LogP contribution in [-0.4, -0.2) is 37.5 Å². The second-order valence-electron chi connectivity index (χ2n) is 3.41. The monoisotopic (exact) mass is 155 g/mol. The molecule has 0 fully saturated rings. The van der Waals surface area contributed by atoms with E-state index in [0.717, 1.165) is 25.6 Å². The Morgan fingerprint density at radius 2 is 2.36 bits per heavy atom. The van der Waals surface area contributed by atoms with Crippen LogP contribution in [0.25, 0.3) is 0 Å². The molecule has 3 nitrogen and oxygen atoms in total. The zero-order chi connectivity index (χ0) is 8.27. The first-order valence-electron chi connectivity index (χ1n) is 4.19. The van der Waals surface area contributed by atoms with Gasteiger partial charge in [0.2, 0.25) is 0 Å². The third-order valence-electron chi connectivity index (χ3n) is 1.66. The molecule has 0 spiro atoms. The lowest BCUT2D eigenvalue weighted by Gasteiger charge is -2.20. The third-order valence-corrected chi connectivity index (χ3v) is 1.66. The van der Waals surface area contributed by atoms with E-state index in [1.165, 1.54) is 0 Å². The Morgan fingerprint density at radius 1 is 1.64 bits per heavy atom. The first kappa shape index (κ1) is 8.37. The Kier molecular flexibility index (Phi) is 2.74. The van der Waals surface area contributed by atoms with E-state index in [0.29, 0.717) is 5.92 Å². The maximum atomic E-state index is 4.32. The molecule has 1 rings (SSSR count). The number of nitrogens with zero attached hydrogens (tertiary/aromatic N) is 2. The minimum Gasteiger partial charge on any atom is -0.354 e. The van der Waals surface area contributed by atoms with Gasteiger partial charge in [0.05, 0.1) is 6.54 Å². The highest BCUT2D eigenvalue weighted by atomic mass is 15.3. The van der Waals surface area contributed by atoms with Crippen LogP contribution in [0.1, 0.15) is 13.8 Å². The van der Waals surface area contributed by atoms with E-state index in [1.54, 1.807) is 0 Å². The van der Waals surface area contributed by atoms with Crippen molar-refractivity contribution in [1.82, 2.24) is 10.2 Å². The summed E-state index contributed by atoms with van der Waals surface area (Å²) < 4.78 is 0. The van der Waals surface area contributed by atoms with Gasteiger partial charge in [-0.15, -0.1) is 0 Å². The summed E-state index contributed by atoms with van der Waals surface area (Å²) in [7, 11) is 2.08. The summed E-state index contributed by atoms with van der Waals surface area (Å²) >= 11 is 0. The van der Waals surface area contributed by atoms with Gasteiger partial charge in [0.1, 0.15) is 0 Å². The van der Waals surface area contributed by atoms with Crippen molar-refractivity contribution in [2.45, 2.75) is 13.8 Å². The van der Waals surface area contributed by atoms with Gasteiger partial charge in [-0.1, -0.05) is 13.8 Å². The fourth-order valence-corrected chi connectivity index (χ4v) is 1.28. The van der Waals surface area contributed by atoms with Crippen LogP contribution in [-0.2, 0) is 0 Å². The molecule has 0 atom stereocenters. The largest absolute Gasteiger partial charge is 0.354 e. The molecule has 0 aliphatic carbocycles. The number of hydrogen-bond donors (Lipinski definition) is 1. The van der Waals surface area contributed by atoms with E-state index in [4.69, 9.17) is 0 Å². The molecule has 0 saturated heterocycles. The molecule has 3 heteroatoms. The molecule has 1 aliphatic heterocycles. The Balaban J connectivity index is 2.34. The molecule has 0 unspecified atom stereocenters. The van der Waals surface area contributed by atoms with Crippen molar-refractivity contribution >= 4 is 5.96 Å². The molecular formula is C8H17N3. The molecule has 11 heavy (non-hydrogen) atoms. The van der Waals surface area contributed by atoms with E-state index >= 15 is 0 Å². The van der Waals surface area contributed by atoms with E-state index < -0.39 is 0 Å². The van der Waals surface area contributed by atoms with Crippen molar-refractivity contribution in [3.05, 3.63) is 0 Å². The molecule has 64 valence electrons. The summed E-state index contributed by atoms with van der Waals surface area (Å²) in [4.78, 5) is 6.50. The fraction of sp³-hybridized carbons (Fsp3) is 0.875. The summed E-state index contributed by atoms with van der Waals surface area (Å²) in [5, 5.41) is 3.24. The quantitative estimate of drug-likeness (QED) is 0.630. The molecule has 1 heterocycles. The van der Waals surface area contributed by atoms with Crippen LogP contribution in [0, 0.1) is 5.92 Å². The summed E-state index contributed by atoms with van der Waals surface area (Å²) in [6.45, 7) is 7.43. The lowest BCUT2D eigenvalue weighted by Crippen LogP contribution is -2.37. The Morgan fingerprint density at radius 3 is 2.82 bits per heavy atom. The van der Waals surface area contributed by atoms with Crippen molar-refractivity contribution in [2.24, 2.45) is 10.9 Å². The summed E-state index contributed by atoms with van der Waals surface area (Å²) in [5.74, 6) is 1.75. The average molecular weight is 155 g/mol. The van der Waals surface area contributed by atoms with E-state index in [-0.39, 0.29) is 0 Å². The van der Waals surface area contributed by atoms with Gasteiger partial charge in [-0.3, -0.25) is 4.99 Å². The van der Waals surface area contributed by atoms with Crippen molar-refractivity contribution in [1.29, 1.82) is 0 Å². The number of hydrogen-bond acceptors (Lipinski definition) is 3. The average Bonchev–Trinajstić information content (AvgIpc) is 2.35. The molecule has 1 aliphatic rings.